The van der Waals surface area contributed by atoms with Crippen molar-refractivity contribution in [2.24, 2.45) is 12.0 Å². The van der Waals surface area contributed by atoms with Gasteiger partial charge in [-0.1, -0.05) is 0 Å². The van der Waals surface area contributed by atoms with E-state index in [2.05, 4.69) is 37.6 Å². The maximum absolute atomic E-state index is 4.20. The Morgan fingerprint density at radius 3 is 2.85 bits per heavy atom. The van der Waals surface area contributed by atoms with Gasteiger partial charge in [-0.2, -0.15) is 16.4 Å². The molecule has 0 atom stereocenters. The van der Waals surface area contributed by atoms with E-state index < -0.39 is 0 Å². The first-order valence-corrected chi connectivity index (χ1v) is 7.15. The van der Waals surface area contributed by atoms with Gasteiger partial charge in [0, 0.05) is 33.4 Å². The fourth-order valence-electron chi connectivity index (χ4n) is 1.73. The molecule has 2 aromatic rings. The Morgan fingerprint density at radius 1 is 1.40 bits per heavy atom. The summed E-state index contributed by atoms with van der Waals surface area (Å²) in [5.41, 5.74) is 2.50. The van der Waals surface area contributed by atoms with Crippen LogP contribution < -0.4 is 10.6 Å². The standard InChI is InChI=1S/C13H19N5S.HI/c1-14-13(16-7-12-4-6-19-10-12)15-5-3-11-8-17-18(2)9-11;/h4,6,8-10H,3,5,7H2,1-2H3,(H2,14,15,16);1H. The van der Waals surface area contributed by atoms with Crippen molar-refractivity contribution in [3.05, 3.63) is 40.3 Å². The van der Waals surface area contributed by atoms with Gasteiger partial charge in [0.1, 0.15) is 0 Å². The third-order valence-electron chi connectivity index (χ3n) is 2.73. The minimum atomic E-state index is 0. The van der Waals surface area contributed by atoms with Gasteiger partial charge in [0.15, 0.2) is 5.96 Å². The van der Waals surface area contributed by atoms with Gasteiger partial charge in [-0.25, -0.2) is 0 Å². The minimum Gasteiger partial charge on any atom is -0.356 e. The summed E-state index contributed by atoms with van der Waals surface area (Å²) in [6.07, 6.45) is 4.86. The molecule has 0 spiro atoms. The molecule has 0 bridgehead atoms. The summed E-state index contributed by atoms with van der Waals surface area (Å²) in [7, 11) is 3.71. The van der Waals surface area contributed by atoms with E-state index in [-0.39, 0.29) is 24.0 Å². The van der Waals surface area contributed by atoms with Crippen molar-refractivity contribution < 1.29 is 0 Å². The van der Waals surface area contributed by atoms with Gasteiger partial charge >= 0.3 is 0 Å². The van der Waals surface area contributed by atoms with Crippen LogP contribution in [0.5, 0.6) is 0 Å². The average Bonchev–Trinajstić information content (AvgIpc) is 3.05. The number of thiophene rings is 1. The molecule has 0 aliphatic carbocycles. The van der Waals surface area contributed by atoms with E-state index in [9.17, 15) is 0 Å². The second kappa shape index (κ2) is 8.96. The number of aromatic nitrogens is 2. The van der Waals surface area contributed by atoms with E-state index >= 15 is 0 Å². The summed E-state index contributed by atoms with van der Waals surface area (Å²) >= 11 is 1.71. The SMILES string of the molecule is CN=C(NCCc1cnn(C)c1)NCc1ccsc1.I. The number of guanidine groups is 1. The molecule has 110 valence electrons. The molecule has 5 nitrogen and oxygen atoms in total. The van der Waals surface area contributed by atoms with Gasteiger partial charge in [0.2, 0.25) is 0 Å². The van der Waals surface area contributed by atoms with Gasteiger partial charge in [0.05, 0.1) is 6.20 Å². The zero-order valence-corrected chi connectivity index (χ0v) is 14.8. The monoisotopic (exact) mass is 405 g/mol. The molecular weight excluding hydrogens is 385 g/mol. The molecule has 0 radical (unpaired) electrons. The highest BCUT2D eigenvalue weighted by atomic mass is 127. The Labute approximate surface area is 140 Å². The number of rotatable bonds is 5. The minimum absolute atomic E-state index is 0. The number of nitrogens with zero attached hydrogens (tertiary/aromatic N) is 3. The second-order valence-electron chi connectivity index (χ2n) is 4.26. The van der Waals surface area contributed by atoms with Crippen LogP contribution in [0.15, 0.2) is 34.2 Å². The lowest BCUT2D eigenvalue weighted by Crippen LogP contribution is -2.37. The van der Waals surface area contributed by atoms with E-state index in [0.29, 0.717) is 0 Å². The molecule has 7 heteroatoms. The molecule has 0 aliphatic heterocycles. The molecular formula is C13H20IN5S. The third kappa shape index (κ3) is 5.49. The highest BCUT2D eigenvalue weighted by molar-refractivity contribution is 14.0. The predicted molar refractivity (Wildman–Crippen MR) is 94.8 cm³/mol. The number of aliphatic imine (C=N–C) groups is 1. The van der Waals surface area contributed by atoms with Gasteiger partial charge in [-0.05, 0) is 34.4 Å². The molecule has 0 fully saturated rings. The van der Waals surface area contributed by atoms with Crippen LogP contribution in [0.25, 0.3) is 0 Å². The van der Waals surface area contributed by atoms with E-state index in [0.717, 1.165) is 25.5 Å². The summed E-state index contributed by atoms with van der Waals surface area (Å²) in [5, 5.41) is 14.9. The molecule has 0 amide bonds. The van der Waals surface area contributed by atoms with E-state index in [4.69, 9.17) is 0 Å². The zero-order chi connectivity index (χ0) is 13.5. The summed E-state index contributed by atoms with van der Waals surface area (Å²) in [6, 6.07) is 2.11. The van der Waals surface area contributed by atoms with E-state index in [1.54, 1.807) is 18.4 Å². The molecule has 0 aliphatic rings. The van der Waals surface area contributed by atoms with Crippen molar-refractivity contribution in [2.75, 3.05) is 13.6 Å². The van der Waals surface area contributed by atoms with Crippen LogP contribution in [-0.2, 0) is 20.0 Å². The highest BCUT2D eigenvalue weighted by Gasteiger charge is 2.00. The Morgan fingerprint density at radius 2 is 2.25 bits per heavy atom. The normalized spacial score (nSPS) is 11.0. The fraction of sp³-hybridized carbons (Fsp3) is 0.385. The number of aryl methyl sites for hydroxylation is 1. The first kappa shape index (κ1) is 17.0. The highest BCUT2D eigenvalue weighted by Crippen LogP contribution is 2.04. The van der Waals surface area contributed by atoms with Crippen LogP contribution in [0.3, 0.4) is 0 Å². The van der Waals surface area contributed by atoms with Crippen LogP contribution in [0, 0.1) is 0 Å². The molecule has 2 N–H and O–H groups in total. The van der Waals surface area contributed by atoms with Crippen LogP contribution in [0.2, 0.25) is 0 Å². The van der Waals surface area contributed by atoms with Crippen molar-refractivity contribution >= 4 is 41.3 Å². The van der Waals surface area contributed by atoms with Crippen molar-refractivity contribution in [3.63, 3.8) is 0 Å². The van der Waals surface area contributed by atoms with E-state index in [1.165, 1.54) is 11.1 Å². The number of hydrogen-bond acceptors (Lipinski definition) is 3. The number of halogens is 1. The fourth-order valence-corrected chi connectivity index (χ4v) is 2.39. The maximum atomic E-state index is 4.20. The lowest BCUT2D eigenvalue weighted by Gasteiger charge is -2.10. The molecule has 0 saturated heterocycles. The van der Waals surface area contributed by atoms with Crippen LogP contribution in [0.1, 0.15) is 11.1 Å². The average molecular weight is 405 g/mol. The summed E-state index contributed by atoms with van der Waals surface area (Å²) in [5.74, 6) is 0.829. The van der Waals surface area contributed by atoms with Gasteiger partial charge in [-0.3, -0.25) is 9.67 Å². The first-order valence-electron chi connectivity index (χ1n) is 6.21. The van der Waals surface area contributed by atoms with Crippen molar-refractivity contribution in [3.8, 4) is 0 Å². The first-order chi connectivity index (χ1) is 9.28. The lowest BCUT2D eigenvalue weighted by molar-refractivity contribution is 0.764. The van der Waals surface area contributed by atoms with Gasteiger partial charge in [0.25, 0.3) is 0 Å². The molecule has 20 heavy (non-hydrogen) atoms. The Balaban J connectivity index is 0.00000200. The van der Waals surface area contributed by atoms with Crippen LogP contribution >= 0.6 is 35.3 Å². The summed E-state index contributed by atoms with van der Waals surface area (Å²) in [6.45, 7) is 1.64. The molecule has 2 rings (SSSR count). The smallest absolute Gasteiger partial charge is 0.191 e. The van der Waals surface area contributed by atoms with Crippen molar-refractivity contribution in [1.82, 2.24) is 20.4 Å². The van der Waals surface area contributed by atoms with Gasteiger partial charge in [-0.15, -0.1) is 24.0 Å². The van der Waals surface area contributed by atoms with Crippen LogP contribution in [-0.4, -0.2) is 29.3 Å². The largest absolute Gasteiger partial charge is 0.356 e. The summed E-state index contributed by atoms with van der Waals surface area (Å²) in [4.78, 5) is 4.20. The zero-order valence-electron chi connectivity index (χ0n) is 11.7. The third-order valence-corrected chi connectivity index (χ3v) is 3.46. The van der Waals surface area contributed by atoms with Crippen molar-refractivity contribution in [1.29, 1.82) is 0 Å². The summed E-state index contributed by atoms with van der Waals surface area (Å²) < 4.78 is 1.82. The Kier molecular flexibility index (Phi) is 7.60. The number of nitrogens with one attached hydrogen (secondary N) is 2. The molecule has 2 aromatic heterocycles. The Bertz CT molecular complexity index is 521. The molecule has 2 heterocycles. The van der Waals surface area contributed by atoms with Crippen LogP contribution in [0.4, 0.5) is 0 Å². The molecule has 0 unspecified atom stereocenters. The molecule has 0 saturated carbocycles. The van der Waals surface area contributed by atoms with Gasteiger partial charge < -0.3 is 10.6 Å². The predicted octanol–water partition coefficient (Wildman–Crippen LogP) is 2.01. The molecule has 0 aromatic carbocycles. The quantitative estimate of drug-likeness (QED) is 0.455. The van der Waals surface area contributed by atoms with Crippen molar-refractivity contribution in [2.45, 2.75) is 13.0 Å². The maximum Gasteiger partial charge on any atom is 0.191 e. The Hall–Kier alpha value is -1.09. The van der Waals surface area contributed by atoms with E-state index in [1.807, 2.05) is 24.1 Å². The number of hydrogen-bond donors (Lipinski definition) is 2. The topological polar surface area (TPSA) is 54.2 Å². The lowest BCUT2D eigenvalue weighted by atomic mass is 10.2. The second-order valence-corrected chi connectivity index (χ2v) is 5.04.